The molecule has 3 fully saturated rings. The molecular formula is C29H56N6O. The number of nitrogens with two attached hydrogens (primary N) is 4. The molecule has 0 unspecified atom stereocenters. The van der Waals surface area contributed by atoms with Crippen molar-refractivity contribution in [1.29, 1.82) is 10.8 Å². The number of fused-ring (bicyclic) bond motifs is 5. The Kier molecular flexibility index (Phi) is 10.7. The number of hydrogen-bond donors (Lipinski definition) is 7. The van der Waals surface area contributed by atoms with Crippen LogP contribution in [-0.4, -0.2) is 23.1 Å². The van der Waals surface area contributed by atoms with Gasteiger partial charge in [-0.1, -0.05) is 65.5 Å². The van der Waals surface area contributed by atoms with Crippen LogP contribution in [0.3, 0.4) is 0 Å². The number of nitrogens with one attached hydrogen (secondary N) is 2. The smallest absolute Gasteiger partial charge is 0.183 e. The molecule has 0 aromatic heterocycles. The van der Waals surface area contributed by atoms with E-state index >= 15 is 0 Å². The van der Waals surface area contributed by atoms with Gasteiger partial charge in [-0.25, -0.2) is 0 Å². The van der Waals surface area contributed by atoms with Crippen LogP contribution in [0.5, 0.6) is 0 Å². The van der Waals surface area contributed by atoms with E-state index in [0.717, 1.165) is 48.3 Å². The van der Waals surface area contributed by atoms with Gasteiger partial charge in [-0.2, -0.15) is 0 Å². The van der Waals surface area contributed by atoms with Crippen LogP contribution in [0.15, 0.2) is 11.6 Å². The molecule has 36 heavy (non-hydrogen) atoms. The first kappa shape index (κ1) is 30.5. The van der Waals surface area contributed by atoms with Crippen LogP contribution < -0.4 is 22.9 Å². The fraction of sp³-hybridized carbons (Fsp3) is 0.862. The molecule has 0 radical (unpaired) electrons. The zero-order chi connectivity index (χ0) is 27.3. The van der Waals surface area contributed by atoms with Gasteiger partial charge in [-0.15, -0.1) is 0 Å². The van der Waals surface area contributed by atoms with Crippen LogP contribution in [0.2, 0.25) is 0 Å². The fourth-order valence-corrected chi connectivity index (χ4v) is 8.67. The number of aliphatic hydroxyl groups excluding tert-OH is 1. The highest BCUT2D eigenvalue weighted by atomic mass is 16.3. The molecule has 0 aliphatic heterocycles. The summed E-state index contributed by atoms with van der Waals surface area (Å²) in [6.45, 7) is 12.6. The van der Waals surface area contributed by atoms with E-state index in [1.54, 1.807) is 5.57 Å². The number of guanidine groups is 2. The summed E-state index contributed by atoms with van der Waals surface area (Å²) in [7, 11) is 0. The second kappa shape index (κ2) is 12.7. The SMILES string of the molecule is CC(C)CCC[C@@H](C)[C@H]1CC[C@H]2[C@@H]3CC=C4C[C@@H](O)CC[C@]4(C)[C@H]3CC[C@]12C.N=C(N)N.N=C(N)N. The van der Waals surface area contributed by atoms with Crippen molar-refractivity contribution in [3.05, 3.63) is 11.6 Å². The third-order valence-corrected chi connectivity index (χ3v) is 10.3. The molecule has 0 bridgehead atoms. The third-order valence-electron chi connectivity index (χ3n) is 10.3. The van der Waals surface area contributed by atoms with E-state index in [1.807, 2.05) is 0 Å². The molecule has 0 heterocycles. The Hall–Kier alpha value is -1.76. The Morgan fingerprint density at radius 1 is 0.944 bits per heavy atom. The van der Waals surface area contributed by atoms with Crippen LogP contribution in [0.1, 0.15) is 105 Å². The standard InChI is InChI=1S/C27H46O.2CH5N3/c1-18(2)7-6-8-19(3)23-11-12-24-22-10-9-20-17-21(28)13-15-26(20,4)25(22)14-16-27(23,24)5;2*2-1(3)4/h9,18-19,21-25,28H,6-8,10-17H2,1-5H3;2*(H5,2,3,4)/t19-,21+,22+,23-,24+,25+,26+,27-;;/m1../s1. The summed E-state index contributed by atoms with van der Waals surface area (Å²) in [6.07, 6.45) is 17.2. The maximum Gasteiger partial charge on any atom is 0.183 e. The Morgan fingerprint density at radius 2 is 1.56 bits per heavy atom. The summed E-state index contributed by atoms with van der Waals surface area (Å²) < 4.78 is 0. The highest BCUT2D eigenvalue weighted by molar-refractivity contribution is 5.72. The minimum absolute atomic E-state index is 0.0766. The molecular weight excluding hydrogens is 448 g/mol. The topological polar surface area (TPSA) is 172 Å². The average molecular weight is 505 g/mol. The fourth-order valence-electron chi connectivity index (χ4n) is 8.67. The lowest BCUT2D eigenvalue weighted by atomic mass is 9.47. The number of rotatable bonds is 5. The van der Waals surface area contributed by atoms with Crippen molar-refractivity contribution in [3.63, 3.8) is 0 Å². The van der Waals surface area contributed by atoms with E-state index < -0.39 is 0 Å². The first-order valence-corrected chi connectivity index (χ1v) is 14.3. The van der Waals surface area contributed by atoms with E-state index in [2.05, 4.69) is 63.6 Å². The highest BCUT2D eigenvalue weighted by Crippen LogP contribution is 2.67. The molecule has 7 nitrogen and oxygen atoms in total. The van der Waals surface area contributed by atoms with Crippen LogP contribution in [-0.2, 0) is 0 Å². The molecule has 0 aromatic rings. The Morgan fingerprint density at radius 3 is 2.14 bits per heavy atom. The lowest BCUT2D eigenvalue weighted by molar-refractivity contribution is -0.0573. The van der Waals surface area contributed by atoms with Crippen molar-refractivity contribution < 1.29 is 5.11 Å². The van der Waals surface area contributed by atoms with Gasteiger partial charge < -0.3 is 28.0 Å². The summed E-state index contributed by atoms with van der Waals surface area (Å²) in [5.74, 6) is 4.79. The third kappa shape index (κ3) is 7.17. The summed E-state index contributed by atoms with van der Waals surface area (Å²) in [5.41, 5.74) is 20.5. The quantitative estimate of drug-likeness (QED) is 0.157. The molecule has 4 aliphatic carbocycles. The van der Waals surface area contributed by atoms with Crippen LogP contribution >= 0.6 is 0 Å². The van der Waals surface area contributed by atoms with E-state index in [4.69, 9.17) is 10.8 Å². The lowest BCUT2D eigenvalue weighted by Gasteiger charge is -2.58. The summed E-state index contributed by atoms with van der Waals surface area (Å²) >= 11 is 0. The molecule has 0 amide bonds. The number of hydrogen-bond acceptors (Lipinski definition) is 3. The van der Waals surface area contributed by atoms with Crippen LogP contribution in [0.25, 0.3) is 0 Å². The molecule has 0 aromatic carbocycles. The maximum absolute atomic E-state index is 10.2. The van der Waals surface area contributed by atoms with Gasteiger partial charge in [0.1, 0.15) is 0 Å². The Balaban J connectivity index is 0.000000501. The highest BCUT2D eigenvalue weighted by Gasteiger charge is 2.59. The molecule has 8 atom stereocenters. The molecule has 0 spiro atoms. The Labute approximate surface area is 220 Å². The maximum atomic E-state index is 10.2. The van der Waals surface area contributed by atoms with Gasteiger partial charge in [0.25, 0.3) is 0 Å². The molecule has 11 N–H and O–H groups in total. The number of aliphatic hydroxyl groups is 1. The molecule has 7 heteroatoms. The van der Waals surface area contributed by atoms with Crippen molar-refractivity contribution in [2.45, 2.75) is 111 Å². The van der Waals surface area contributed by atoms with E-state index in [9.17, 15) is 5.11 Å². The van der Waals surface area contributed by atoms with E-state index in [1.165, 1.54) is 57.8 Å². The average Bonchev–Trinajstić information content (AvgIpc) is 3.10. The molecule has 0 saturated heterocycles. The zero-order valence-electron chi connectivity index (χ0n) is 23.7. The summed E-state index contributed by atoms with van der Waals surface area (Å²) in [5, 5.41) is 22.3. The van der Waals surface area contributed by atoms with Gasteiger partial charge in [0, 0.05) is 0 Å². The van der Waals surface area contributed by atoms with E-state index in [-0.39, 0.29) is 18.0 Å². The first-order chi connectivity index (χ1) is 16.7. The monoisotopic (exact) mass is 504 g/mol. The zero-order valence-corrected chi connectivity index (χ0v) is 23.7. The molecule has 4 rings (SSSR count). The van der Waals surface area contributed by atoms with Crippen molar-refractivity contribution in [3.8, 4) is 0 Å². The summed E-state index contributed by atoms with van der Waals surface area (Å²) in [6, 6.07) is 0. The minimum Gasteiger partial charge on any atom is -0.393 e. The number of allylic oxidation sites excluding steroid dienone is 1. The van der Waals surface area contributed by atoms with Gasteiger partial charge in [-0.05, 0) is 97.7 Å². The van der Waals surface area contributed by atoms with E-state index in [0.29, 0.717) is 10.8 Å². The normalized spacial score (nSPS) is 37.5. The summed E-state index contributed by atoms with van der Waals surface area (Å²) in [4.78, 5) is 0. The van der Waals surface area contributed by atoms with Crippen molar-refractivity contribution >= 4 is 11.9 Å². The predicted octanol–water partition coefficient (Wildman–Crippen LogP) is 5.07. The second-order valence-corrected chi connectivity index (χ2v) is 13.1. The van der Waals surface area contributed by atoms with Gasteiger partial charge >= 0.3 is 0 Å². The predicted molar refractivity (Wildman–Crippen MR) is 151 cm³/mol. The van der Waals surface area contributed by atoms with Crippen LogP contribution in [0.4, 0.5) is 0 Å². The van der Waals surface area contributed by atoms with Crippen molar-refractivity contribution in [2.24, 2.45) is 69.3 Å². The minimum atomic E-state index is -0.333. The lowest BCUT2D eigenvalue weighted by Crippen LogP contribution is -2.50. The van der Waals surface area contributed by atoms with Crippen molar-refractivity contribution in [2.75, 3.05) is 0 Å². The van der Waals surface area contributed by atoms with Gasteiger partial charge in [-0.3, -0.25) is 10.8 Å². The first-order valence-electron chi connectivity index (χ1n) is 14.3. The van der Waals surface area contributed by atoms with Crippen LogP contribution in [0, 0.1) is 57.2 Å². The largest absolute Gasteiger partial charge is 0.393 e. The molecule has 208 valence electrons. The second-order valence-electron chi connectivity index (χ2n) is 13.1. The van der Waals surface area contributed by atoms with Gasteiger partial charge in [0.15, 0.2) is 11.9 Å². The van der Waals surface area contributed by atoms with Crippen molar-refractivity contribution in [1.82, 2.24) is 0 Å². The molecule has 4 aliphatic rings. The Bertz CT molecular complexity index is 762. The van der Waals surface area contributed by atoms with Gasteiger partial charge in [0.05, 0.1) is 6.10 Å². The van der Waals surface area contributed by atoms with Gasteiger partial charge in [0.2, 0.25) is 0 Å². The molecule has 3 saturated carbocycles.